The molecule has 0 aromatic heterocycles. The third kappa shape index (κ3) is 3.82. The van der Waals surface area contributed by atoms with Crippen LogP contribution in [0, 0.1) is 5.41 Å². The summed E-state index contributed by atoms with van der Waals surface area (Å²) in [5.74, 6) is 0.333. The summed E-state index contributed by atoms with van der Waals surface area (Å²) in [5.41, 5.74) is 0.282. The fourth-order valence-electron chi connectivity index (χ4n) is 2.29. The molecule has 0 spiro atoms. The van der Waals surface area contributed by atoms with Crippen LogP contribution in [0.15, 0.2) is 0 Å². The van der Waals surface area contributed by atoms with Gasteiger partial charge >= 0.3 is 0 Å². The molecule has 0 aromatic carbocycles. The summed E-state index contributed by atoms with van der Waals surface area (Å²) < 4.78 is 0. The number of nitrogens with one attached hydrogen (secondary N) is 1. The predicted octanol–water partition coefficient (Wildman–Crippen LogP) is 1.63. The quantitative estimate of drug-likeness (QED) is 0.768. The van der Waals surface area contributed by atoms with Gasteiger partial charge in [0.05, 0.1) is 0 Å². The van der Waals surface area contributed by atoms with E-state index in [2.05, 4.69) is 31.0 Å². The summed E-state index contributed by atoms with van der Waals surface area (Å²) in [4.78, 5) is 13.7. The average Bonchev–Trinajstić information content (AvgIpc) is 2.48. The number of carbonyl (C=O) groups is 1. The summed E-state index contributed by atoms with van der Waals surface area (Å²) in [6.45, 7) is 8.55. The molecule has 1 saturated heterocycles. The average molecular weight is 212 g/mol. The minimum absolute atomic E-state index is 0.282. The van der Waals surface area contributed by atoms with Crippen LogP contribution in [-0.4, -0.2) is 37.0 Å². The first-order valence-corrected chi connectivity index (χ1v) is 5.88. The number of likely N-dealkylation sites (N-methyl/N-ethyl adjacent to an activating group) is 1. The lowest BCUT2D eigenvalue weighted by Crippen LogP contribution is -2.44. The van der Waals surface area contributed by atoms with Gasteiger partial charge in [0.25, 0.3) is 0 Å². The van der Waals surface area contributed by atoms with E-state index in [0.29, 0.717) is 11.9 Å². The Kier molecular flexibility index (Phi) is 4.14. The molecule has 1 atom stereocenters. The van der Waals surface area contributed by atoms with Crippen molar-refractivity contribution in [2.45, 2.75) is 46.1 Å². The Morgan fingerprint density at radius 1 is 1.47 bits per heavy atom. The van der Waals surface area contributed by atoms with Crippen molar-refractivity contribution >= 4 is 5.91 Å². The first-order valence-electron chi connectivity index (χ1n) is 5.88. The third-order valence-electron chi connectivity index (χ3n) is 2.84. The highest BCUT2D eigenvalue weighted by Gasteiger charge is 2.30. The molecule has 3 nitrogen and oxygen atoms in total. The van der Waals surface area contributed by atoms with Gasteiger partial charge in [-0.05, 0) is 25.3 Å². The first kappa shape index (κ1) is 12.5. The van der Waals surface area contributed by atoms with E-state index >= 15 is 0 Å². The van der Waals surface area contributed by atoms with Crippen molar-refractivity contribution in [1.29, 1.82) is 0 Å². The van der Waals surface area contributed by atoms with Crippen molar-refractivity contribution in [2.75, 3.05) is 20.1 Å². The van der Waals surface area contributed by atoms with Gasteiger partial charge in [-0.2, -0.15) is 0 Å². The molecule has 1 fully saturated rings. The van der Waals surface area contributed by atoms with E-state index < -0.39 is 0 Å². The smallest absolute Gasteiger partial charge is 0.222 e. The minimum atomic E-state index is 0.282. The molecule has 1 amide bonds. The van der Waals surface area contributed by atoms with Crippen LogP contribution in [0.3, 0.4) is 0 Å². The molecule has 88 valence electrons. The van der Waals surface area contributed by atoms with Gasteiger partial charge in [0.15, 0.2) is 0 Å². The molecule has 1 heterocycles. The zero-order chi connectivity index (χ0) is 11.5. The van der Waals surface area contributed by atoms with Crippen LogP contribution in [0.4, 0.5) is 0 Å². The molecule has 1 N–H and O–H groups in total. The van der Waals surface area contributed by atoms with Crippen LogP contribution < -0.4 is 5.32 Å². The van der Waals surface area contributed by atoms with Crippen molar-refractivity contribution in [3.8, 4) is 0 Å². The van der Waals surface area contributed by atoms with Gasteiger partial charge in [-0.25, -0.2) is 0 Å². The fraction of sp³-hybridized carbons (Fsp3) is 0.917. The van der Waals surface area contributed by atoms with Gasteiger partial charge in [-0.1, -0.05) is 20.8 Å². The Morgan fingerprint density at radius 3 is 2.53 bits per heavy atom. The van der Waals surface area contributed by atoms with Crippen LogP contribution in [-0.2, 0) is 4.79 Å². The second-order valence-electron chi connectivity index (χ2n) is 5.67. The highest BCUT2D eigenvalue weighted by molar-refractivity contribution is 5.78. The van der Waals surface area contributed by atoms with E-state index in [0.717, 1.165) is 32.4 Å². The van der Waals surface area contributed by atoms with Crippen molar-refractivity contribution < 1.29 is 4.79 Å². The Balaban J connectivity index is 2.60. The number of nitrogens with zero attached hydrogens (tertiary/aromatic N) is 1. The second kappa shape index (κ2) is 4.97. The molecular formula is C12H24N2O. The van der Waals surface area contributed by atoms with E-state index in [-0.39, 0.29) is 5.41 Å². The lowest BCUT2D eigenvalue weighted by molar-refractivity contribution is -0.130. The summed E-state index contributed by atoms with van der Waals surface area (Å²) in [5, 5.41) is 3.19. The maximum atomic E-state index is 11.7. The van der Waals surface area contributed by atoms with Crippen molar-refractivity contribution in [3.63, 3.8) is 0 Å². The zero-order valence-corrected chi connectivity index (χ0v) is 10.5. The van der Waals surface area contributed by atoms with E-state index in [9.17, 15) is 4.79 Å². The van der Waals surface area contributed by atoms with E-state index in [1.807, 2.05) is 7.05 Å². The lowest BCUT2D eigenvalue weighted by atomic mass is 9.87. The van der Waals surface area contributed by atoms with Crippen molar-refractivity contribution in [2.24, 2.45) is 5.41 Å². The molecule has 15 heavy (non-hydrogen) atoms. The molecule has 1 aliphatic heterocycles. The molecule has 3 heteroatoms. The van der Waals surface area contributed by atoms with Crippen LogP contribution in [0.25, 0.3) is 0 Å². The standard InChI is InChI=1S/C12H24N2O/c1-12(2,3)8-10(9-13-4)14-7-5-6-11(14)15/h10,13H,5-9H2,1-4H3. The Bertz CT molecular complexity index is 220. The molecule has 1 aliphatic rings. The van der Waals surface area contributed by atoms with E-state index in [1.165, 1.54) is 0 Å². The number of rotatable bonds is 4. The van der Waals surface area contributed by atoms with Gasteiger partial charge in [0, 0.05) is 25.6 Å². The fourth-order valence-corrected chi connectivity index (χ4v) is 2.29. The Hall–Kier alpha value is -0.570. The summed E-state index contributed by atoms with van der Waals surface area (Å²) in [6, 6.07) is 0.366. The summed E-state index contributed by atoms with van der Waals surface area (Å²) in [6.07, 6.45) is 2.84. The zero-order valence-electron chi connectivity index (χ0n) is 10.5. The maximum absolute atomic E-state index is 11.7. The maximum Gasteiger partial charge on any atom is 0.222 e. The van der Waals surface area contributed by atoms with Crippen molar-refractivity contribution in [1.82, 2.24) is 10.2 Å². The predicted molar refractivity (Wildman–Crippen MR) is 62.7 cm³/mol. The summed E-state index contributed by atoms with van der Waals surface area (Å²) in [7, 11) is 1.95. The highest BCUT2D eigenvalue weighted by atomic mass is 16.2. The number of hydrogen-bond acceptors (Lipinski definition) is 2. The molecule has 0 aliphatic carbocycles. The number of likely N-dealkylation sites (tertiary alicyclic amines) is 1. The van der Waals surface area contributed by atoms with Gasteiger partial charge in [-0.3, -0.25) is 4.79 Å². The second-order valence-corrected chi connectivity index (χ2v) is 5.67. The normalized spacial score (nSPS) is 19.7. The molecule has 0 bridgehead atoms. The molecule has 0 saturated carbocycles. The SMILES string of the molecule is CNCC(CC(C)(C)C)N1CCCC1=O. The van der Waals surface area contributed by atoms with Gasteiger partial charge in [0.2, 0.25) is 5.91 Å². The van der Waals surface area contributed by atoms with E-state index in [1.54, 1.807) is 0 Å². The third-order valence-corrected chi connectivity index (χ3v) is 2.84. The van der Waals surface area contributed by atoms with Gasteiger partial charge < -0.3 is 10.2 Å². The molecular weight excluding hydrogens is 188 g/mol. The van der Waals surface area contributed by atoms with Gasteiger partial charge in [-0.15, -0.1) is 0 Å². The van der Waals surface area contributed by atoms with Crippen LogP contribution in [0.2, 0.25) is 0 Å². The number of carbonyl (C=O) groups excluding carboxylic acids is 1. The molecule has 1 unspecified atom stereocenters. The number of hydrogen-bond donors (Lipinski definition) is 1. The molecule has 0 aromatic rings. The highest BCUT2D eigenvalue weighted by Crippen LogP contribution is 2.25. The van der Waals surface area contributed by atoms with Crippen LogP contribution in [0.1, 0.15) is 40.0 Å². The molecule has 0 radical (unpaired) electrons. The van der Waals surface area contributed by atoms with Gasteiger partial charge in [0.1, 0.15) is 0 Å². The first-order chi connectivity index (χ1) is 6.94. The lowest BCUT2D eigenvalue weighted by Gasteiger charge is -2.33. The Labute approximate surface area is 93.2 Å². The van der Waals surface area contributed by atoms with E-state index in [4.69, 9.17) is 0 Å². The molecule has 1 rings (SSSR count). The topological polar surface area (TPSA) is 32.3 Å². The largest absolute Gasteiger partial charge is 0.338 e. The summed E-state index contributed by atoms with van der Waals surface area (Å²) >= 11 is 0. The monoisotopic (exact) mass is 212 g/mol. The van der Waals surface area contributed by atoms with Crippen LogP contribution in [0.5, 0.6) is 0 Å². The Morgan fingerprint density at radius 2 is 2.13 bits per heavy atom. The van der Waals surface area contributed by atoms with Crippen molar-refractivity contribution in [3.05, 3.63) is 0 Å². The number of amides is 1. The minimum Gasteiger partial charge on any atom is -0.338 e. The van der Waals surface area contributed by atoms with Crippen LogP contribution >= 0.6 is 0 Å².